The molecule has 0 saturated heterocycles. The molecule has 19 heavy (non-hydrogen) atoms. The molecule has 0 N–H and O–H groups in total. The van der Waals surface area contributed by atoms with Gasteiger partial charge in [-0.05, 0) is 38.5 Å². The van der Waals surface area contributed by atoms with Crippen LogP contribution in [-0.4, -0.2) is 30.8 Å². The van der Waals surface area contributed by atoms with Crippen molar-refractivity contribution in [1.29, 1.82) is 0 Å². The monoisotopic (exact) mass is 263 g/mol. The fourth-order valence-electron chi connectivity index (χ4n) is 2.62. The zero-order chi connectivity index (χ0) is 13.9. The van der Waals surface area contributed by atoms with E-state index in [9.17, 15) is 0 Å². The Kier molecular flexibility index (Phi) is 4.46. The lowest BCUT2D eigenvalue weighted by atomic mass is 9.82. The second-order valence-electron chi connectivity index (χ2n) is 6.24. The van der Waals surface area contributed by atoms with Gasteiger partial charge in [-0.25, -0.2) is 4.99 Å². The van der Waals surface area contributed by atoms with Crippen molar-refractivity contribution in [3.05, 3.63) is 24.8 Å². The predicted molar refractivity (Wildman–Crippen MR) is 78.4 cm³/mol. The summed E-state index contributed by atoms with van der Waals surface area (Å²) in [5.41, 5.74) is -0.0938. The van der Waals surface area contributed by atoms with Crippen molar-refractivity contribution in [3.63, 3.8) is 0 Å². The van der Waals surface area contributed by atoms with Crippen LogP contribution in [0, 0.1) is 11.8 Å². The molecule has 1 aliphatic carbocycles. The van der Waals surface area contributed by atoms with Crippen molar-refractivity contribution in [1.82, 2.24) is 0 Å². The van der Waals surface area contributed by atoms with Crippen LogP contribution in [0.1, 0.15) is 33.6 Å². The zero-order valence-electron chi connectivity index (χ0n) is 12.3. The average molecular weight is 263 g/mol. The molecule has 0 aromatic carbocycles. The van der Waals surface area contributed by atoms with E-state index in [-0.39, 0.29) is 11.6 Å². The fraction of sp³-hybridized carbons (Fsp3) is 0.688. The first-order valence-electron chi connectivity index (χ1n) is 7.12. The van der Waals surface area contributed by atoms with Gasteiger partial charge in [0.2, 0.25) is 5.90 Å². The first kappa shape index (κ1) is 14.3. The Bertz CT molecular complexity index is 384. The van der Waals surface area contributed by atoms with Crippen LogP contribution in [0.4, 0.5) is 0 Å². The summed E-state index contributed by atoms with van der Waals surface area (Å²) in [5.74, 6) is 1.98. The summed E-state index contributed by atoms with van der Waals surface area (Å²) < 4.78 is 11.4. The van der Waals surface area contributed by atoms with Gasteiger partial charge < -0.3 is 9.47 Å². The molecule has 0 aromatic rings. The summed E-state index contributed by atoms with van der Waals surface area (Å²) >= 11 is 0. The van der Waals surface area contributed by atoms with E-state index in [1.54, 1.807) is 0 Å². The summed E-state index contributed by atoms with van der Waals surface area (Å²) in [4.78, 5) is 4.50. The van der Waals surface area contributed by atoms with Crippen molar-refractivity contribution >= 4 is 5.90 Å². The third-order valence-electron chi connectivity index (χ3n) is 3.79. The van der Waals surface area contributed by atoms with Crippen LogP contribution in [0.3, 0.4) is 0 Å². The van der Waals surface area contributed by atoms with Gasteiger partial charge in [-0.15, -0.1) is 6.58 Å². The highest BCUT2D eigenvalue weighted by molar-refractivity contribution is 5.79. The maximum Gasteiger partial charge on any atom is 0.210 e. The molecule has 3 heteroatoms. The molecule has 1 aliphatic heterocycles. The summed E-state index contributed by atoms with van der Waals surface area (Å²) in [6, 6.07) is 0. The van der Waals surface area contributed by atoms with Gasteiger partial charge in [0.1, 0.15) is 13.2 Å². The fourth-order valence-corrected chi connectivity index (χ4v) is 2.62. The van der Waals surface area contributed by atoms with E-state index in [1.165, 1.54) is 0 Å². The Morgan fingerprint density at radius 2 is 2.32 bits per heavy atom. The number of ether oxygens (including phenoxy) is 2. The van der Waals surface area contributed by atoms with E-state index in [0.717, 1.165) is 18.7 Å². The number of rotatable bonds is 5. The molecule has 0 spiro atoms. The minimum atomic E-state index is -0.0938. The lowest BCUT2D eigenvalue weighted by molar-refractivity contribution is 0.0761. The second-order valence-corrected chi connectivity index (χ2v) is 6.24. The van der Waals surface area contributed by atoms with Crippen molar-refractivity contribution in [2.75, 3.05) is 13.2 Å². The maximum absolute atomic E-state index is 5.89. The summed E-state index contributed by atoms with van der Waals surface area (Å²) in [6.45, 7) is 11.4. The molecule has 0 aromatic heterocycles. The number of allylic oxidation sites excluding steroid dienone is 2. The van der Waals surface area contributed by atoms with Crippen LogP contribution in [0.15, 0.2) is 29.8 Å². The number of hydrogen-bond donors (Lipinski definition) is 0. The quantitative estimate of drug-likeness (QED) is 0.712. The normalized spacial score (nSPS) is 32.8. The molecular formula is C16H25NO2. The van der Waals surface area contributed by atoms with E-state index < -0.39 is 0 Å². The van der Waals surface area contributed by atoms with Gasteiger partial charge in [0.05, 0.1) is 11.6 Å². The molecule has 3 atom stereocenters. The third kappa shape index (κ3) is 3.93. The SMILES string of the molecule is C=CC[C@@H]1C=C[C@@H](OCC2=NC(C)(C)CO2)C[C@@H]1C. The Hall–Kier alpha value is -1.09. The minimum Gasteiger partial charge on any atom is -0.477 e. The molecule has 2 rings (SSSR count). The summed E-state index contributed by atoms with van der Waals surface area (Å²) in [7, 11) is 0. The first-order valence-corrected chi connectivity index (χ1v) is 7.12. The van der Waals surface area contributed by atoms with Crippen LogP contribution in [0.2, 0.25) is 0 Å². The lowest BCUT2D eigenvalue weighted by Gasteiger charge is -2.28. The van der Waals surface area contributed by atoms with Gasteiger partial charge in [-0.1, -0.05) is 25.2 Å². The van der Waals surface area contributed by atoms with Crippen LogP contribution >= 0.6 is 0 Å². The van der Waals surface area contributed by atoms with Crippen molar-refractivity contribution in [3.8, 4) is 0 Å². The highest BCUT2D eigenvalue weighted by Crippen LogP contribution is 2.29. The molecule has 0 saturated carbocycles. The molecule has 0 radical (unpaired) electrons. The smallest absolute Gasteiger partial charge is 0.210 e. The summed E-state index contributed by atoms with van der Waals surface area (Å²) in [5, 5.41) is 0. The number of aliphatic imine (C=N–C) groups is 1. The Morgan fingerprint density at radius 3 is 2.89 bits per heavy atom. The predicted octanol–water partition coefficient (Wildman–Crippen LogP) is 3.37. The van der Waals surface area contributed by atoms with Gasteiger partial charge in [-0.2, -0.15) is 0 Å². The summed E-state index contributed by atoms with van der Waals surface area (Å²) in [6.07, 6.45) is 8.73. The van der Waals surface area contributed by atoms with Gasteiger partial charge in [0, 0.05) is 0 Å². The molecule has 0 unspecified atom stereocenters. The van der Waals surface area contributed by atoms with Gasteiger partial charge in [-0.3, -0.25) is 0 Å². The standard InChI is InChI=1S/C16H25NO2/c1-5-6-13-7-8-14(9-12(13)2)18-10-15-17-16(3,4)11-19-15/h5,7-8,12-14H,1,6,9-11H2,2-4H3/t12-,13+,14+/m0/s1. The largest absolute Gasteiger partial charge is 0.477 e. The molecular weight excluding hydrogens is 238 g/mol. The number of nitrogens with zero attached hydrogens (tertiary/aromatic N) is 1. The molecule has 2 aliphatic rings. The van der Waals surface area contributed by atoms with Crippen molar-refractivity contribution in [2.24, 2.45) is 16.8 Å². The van der Waals surface area contributed by atoms with E-state index in [4.69, 9.17) is 9.47 Å². The molecule has 0 fully saturated rings. The van der Waals surface area contributed by atoms with Crippen molar-refractivity contribution < 1.29 is 9.47 Å². The van der Waals surface area contributed by atoms with E-state index >= 15 is 0 Å². The van der Waals surface area contributed by atoms with Crippen molar-refractivity contribution in [2.45, 2.75) is 45.3 Å². The molecule has 0 bridgehead atoms. The van der Waals surface area contributed by atoms with Gasteiger partial charge in [0.25, 0.3) is 0 Å². The molecule has 106 valence electrons. The van der Waals surface area contributed by atoms with E-state index in [0.29, 0.717) is 25.0 Å². The van der Waals surface area contributed by atoms with Crippen LogP contribution < -0.4 is 0 Å². The number of hydrogen-bond acceptors (Lipinski definition) is 3. The minimum absolute atomic E-state index is 0.0938. The highest BCUT2D eigenvalue weighted by atomic mass is 16.5. The third-order valence-corrected chi connectivity index (χ3v) is 3.79. The van der Waals surface area contributed by atoms with Crippen LogP contribution in [-0.2, 0) is 9.47 Å². The topological polar surface area (TPSA) is 30.8 Å². The van der Waals surface area contributed by atoms with E-state index in [2.05, 4.69) is 44.5 Å². The maximum atomic E-state index is 5.89. The first-order chi connectivity index (χ1) is 9.00. The van der Waals surface area contributed by atoms with Crippen LogP contribution in [0.5, 0.6) is 0 Å². The molecule has 0 amide bonds. The van der Waals surface area contributed by atoms with Crippen LogP contribution in [0.25, 0.3) is 0 Å². The second kappa shape index (κ2) is 5.91. The Labute approximate surface area is 116 Å². The van der Waals surface area contributed by atoms with Gasteiger partial charge in [0.15, 0.2) is 0 Å². The molecule has 3 nitrogen and oxygen atoms in total. The Morgan fingerprint density at radius 1 is 1.53 bits per heavy atom. The highest BCUT2D eigenvalue weighted by Gasteiger charge is 2.27. The van der Waals surface area contributed by atoms with Gasteiger partial charge >= 0.3 is 0 Å². The zero-order valence-corrected chi connectivity index (χ0v) is 12.3. The Balaban J connectivity index is 1.82. The van der Waals surface area contributed by atoms with E-state index in [1.807, 2.05) is 6.08 Å². The molecule has 1 heterocycles. The average Bonchev–Trinajstić information content (AvgIpc) is 2.70. The lowest BCUT2D eigenvalue weighted by Crippen LogP contribution is -2.25.